The molecule has 3 aromatic carbocycles. The molecular formula is C44H56N2O5S. The van der Waals surface area contributed by atoms with E-state index >= 15 is 0 Å². The van der Waals surface area contributed by atoms with E-state index in [9.17, 15) is 19.2 Å². The van der Waals surface area contributed by atoms with Crippen molar-refractivity contribution in [2.45, 2.75) is 104 Å². The van der Waals surface area contributed by atoms with Crippen LogP contribution >= 0.6 is 12.2 Å². The maximum atomic E-state index is 14.2. The molecule has 0 spiro atoms. The number of hydrogen-bond acceptors (Lipinski definition) is 6. The van der Waals surface area contributed by atoms with Gasteiger partial charge in [-0.15, -0.1) is 0 Å². The van der Waals surface area contributed by atoms with Crippen LogP contribution in [0.25, 0.3) is 0 Å². The number of aryl methyl sites for hydroxylation is 1. The average Bonchev–Trinajstić information content (AvgIpc) is 3.87. The third kappa shape index (κ3) is 13.2. The van der Waals surface area contributed by atoms with Crippen molar-refractivity contribution in [3.63, 3.8) is 0 Å². The monoisotopic (exact) mass is 724 g/mol. The molecule has 0 unspecified atom stereocenters. The number of benzene rings is 3. The molecule has 2 N–H and O–H groups in total. The summed E-state index contributed by atoms with van der Waals surface area (Å²) in [7, 11) is 0. The van der Waals surface area contributed by atoms with E-state index < -0.39 is 29.5 Å². The summed E-state index contributed by atoms with van der Waals surface area (Å²) in [4.78, 5) is 56.6. The van der Waals surface area contributed by atoms with Crippen molar-refractivity contribution in [1.82, 2.24) is 10.6 Å². The first-order valence-electron chi connectivity index (χ1n) is 18.8. The highest BCUT2D eigenvalue weighted by molar-refractivity contribution is 7.80. The summed E-state index contributed by atoms with van der Waals surface area (Å²) >= 11 is 5.83. The van der Waals surface area contributed by atoms with E-state index in [1.807, 2.05) is 107 Å². The van der Waals surface area contributed by atoms with Crippen LogP contribution in [0, 0.1) is 23.7 Å². The zero-order valence-electron chi connectivity index (χ0n) is 31.4. The Morgan fingerprint density at radius 3 is 1.71 bits per heavy atom. The molecule has 0 radical (unpaired) electrons. The number of carbonyl (C=O) groups is 4. The predicted molar refractivity (Wildman–Crippen MR) is 211 cm³/mol. The summed E-state index contributed by atoms with van der Waals surface area (Å²) < 4.78 is 5.44. The van der Waals surface area contributed by atoms with E-state index in [2.05, 4.69) is 22.8 Å². The van der Waals surface area contributed by atoms with Crippen LogP contribution in [-0.2, 0) is 43.2 Å². The quantitative estimate of drug-likeness (QED) is 0.0823. The molecule has 8 heteroatoms. The number of amides is 2. The molecule has 1 aliphatic heterocycles. The lowest BCUT2D eigenvalue weighted by Gasteiger charge is -2.27. The predicted octanol–water partition coefficient (Wildman–Crippen LogP) is 7.48. The Morgan fingerprint density at radius 1 is 0.692 bits per heavy atom. The highest BCUT2D eigenvalue weighted by Gasteiger charge is 2.50. The van der Waals surface area contributed by atoms with Crippen molar-refractivity contribution >= 4 is 40.5 Å². The van der Waals surface area contributed by atoms with Gasteiger partial charge in [0.15, 0.2) is 11.6 Å². The lowest BCUT2D eigenvalue weighted by Crippen LogP contribution is -2.50. The van der Waals surface area contributed by atoms with Crippen LogP contribution in [0.1, 0.15) is 83.4 Å². The number of carbonyl (C=O) groups excluding carboxylic acids is 4. The van der Waals surface area contributed by atoms with E-state index in [0.29, 0.717) is 51.6 Å². The normalized spacial score (nSPS) is 17.5. The van der Waals surface area contributed by atoms with Gasteiger partial charge in [-0.05, 0) is 78.8 Å². The fraction of sp³-hybridized carbons (Fsp3) is 0.477. The van der Waals surface area contributed by atoms with E-state index in [4.69, 9.17) is 17.0 Å². The van der Waals surface area contributed by atoms with Crippen LogP contribution in [0.2, 0.25) is 0 Å². The Hall–Kier alpha value is -4.01. The first-order chi connectivity index (χ1) is 24.8. The summed E-state index contributed by atoms with van der Waals surface area (Å²) in [6.45, 7) is 10.1. The first kappa shape index (κ1) is 40.8. The Bertz CT molecular complexity index is 1620. The molecular weight excluding hydrogens is 669 g/mol. The summed E-state index contributed by atoms with van der Waals surface area (Å²) in [5.74, 6) is -1.76. The topological polar surface area (TPSA) is 105 Å². The Labute approximate surface area is 315 Å². The van der Waals surface area contributed by atoms with Crippen LogP contribution in [0.4, 0.5) is 0 Å². The number of ether oxygens (including phenoxy) is 1. The molecule has 278 valence electrons. The lowest BCUT2D eigenvalue weighted by molar-refractivity contribution is -0.135. The molecule has 0 aromatic heterocycles. The Balaban J connectivity index is 1.53. The smallest absolute Gasteiger partial charge is 0.224 e. The van der Waals surface area contributed by atoms with E-state index in [1.54, 1.807) is 6.92 Å². The minimum absolute atomic E-state index is 0.0736. The number of thiocarbonyl (C=S) groups is 1. The van der Waals surface area contributed by atoms with Crippen molar-refractivity contribution in [3.05, 3.63) is 108 Å². The van der Waals surface area contributed by atoms with Crippen LogP contribution in [0.15, 0.2) is 91.0 Å². The second-order valence-corrected chi connectivity index (χ2v) is 16.0. The van der Waals surface area contributed by atoms with Crippen LogP contribution in [-0.4, -0.2) is 52.5 Å². The Kier molecular flexibility index (Phi) is 15.5. The number of rotatable bonds is 22. The number of nitrogens with one attached hydrogen (secondary N) is 2. The Morgan fingerprint density at radius 2 is 1.17 bits per heavy atom. The number of ketones is 2. The van der Waals surface area contributed by atoms with E-state index in [-0.39, 0.29) is 41.6 Å². The molecule has 0 bridgehead atoms. The molecule has 52 heavy (non-hydrogen) atoms. The first-order valence-corrected chi connectivity index (χ1v) is 19.2. The van der Waals surface area contributed by atoms with E-state index in [0.717, 1.165) is 21.6 Å². The van der Waals surface area contributed by atoms with Gasteiger partial charge in [0.2, 0.25) is 11.8 Å². The van der Waals surface area contributed by atoms with Gasteiger partial charge in [-0.2, -0.15) is 0 Å². The van der Waals surface area contributed by atoms with Crippen molar-refractivity contribution in [1.29, 1.82) is 0 Å². The third-order valence-electron chi connectivity index (χ3n) is 9.71. The minimum atomic E-state index is -0.884. The summed E-state index contributed by atoms with van der Waals surface area (Å²) in [5.41, 5.74) is 2.26. The van der Waals surface area contributed by atoms with Gasteiger partial charge in [0.1, 0.15) is 5.60 Å². The second-order valence-electron chi connectivity index (χ2n) is 15.4. The highest BCUT2D eigenvalue weighted by Crippen LogP contribution is 2.30. The summed E-state index contributed by atoms with van der Waals surface area (Å²) in [5, 5.41) is 6.14. The van der Waals surface area contributed by atoms with Gasteiger partial charge in [-0.1, -0.05) is 131 Å². The van der Waals surface area contributed by atoms with Crippen LogP contribution in [0.3, 0.4) is 0 Å². The van der Waals surface area contributed by atoms with Crippen molar-refractivity contribution in [2.75, 3.05) is 6.61 Å². The largest absolute Gasteiger partial charge is 0.361 e. The maximum absolute atomic E-state index is 14.2. The molecule has 1 aliphatic rings. The average molecular weight is 725 g/mol. The fourth-order valence-electron chi connectivity index (χ4n) is 6.67. The van der Waals surface area contributed by atoms with Crippen LogP contribution < -0.4 is 10.6 Å². The van der Waals surface area contributed by atoms with Crippen molar-refractivity contribution in [3.8, 4) is 0 Å². The van der Waals surface area contributed by atoms with E-state index in [1.165, 1.54) is 0 Å². The molecule has 3 aromatic rings. The molecule has 2 amide bonds. The molecule has 1 fully saturated rings. The lowest BCUT2D eigenvalue weighted by atomic mass is 9.87. The molecule has 1 saturated heterocycles. The summed E-state index contributed by atoms with van der Waals surface area (Å²) in [6, 6.07) is 28.2. The van der Waals surface area contributed by atoms with Gasteiger partial charge >= 0.3 is 0 Å². The highest BCUT2D eigenvalue weighted by atomic mass is 32.1. The standard InChI is InChI=1S/C44H56N2O5S/c1-30(2)23-38(45-42(49)35(22-21-32-15-9-6-10-16-32)27-37(52)26-34-19-13-8-14-20-34)40(47)28-36(25-33-17-11-7-12-18-33)43(50)46-39(24-31(3)4)41(48)44(5)29-51-44/h6-20,30-31,35-36,38-39H,21-29H2,1-5H3,(H,45,49)(H,46,50)/t35-,36-,38+,39+,44-/m1/s1. The molecule has 0 aliphatic carbocycles. The fourth-order valence-corrected chi connectivity index (χ4v) is 7.03. The SMILES string of the molecule is CC(C)C[C@H](NC(=O)[C@H](CCc1ccccc1)CC(=S)Cc1ccccc1)C(=O)C[C@@H](Cc1ccccc1)C(=O)N[C@@H](CC(C)C)C(=O)[C@@]1(C)CO1. The second kappa shape index (κ2) is 19.7. The zero-order valence-corrected chi connectivity index (χ0v) is 32.3. The van der Waals surface area contributed by atoms with Gasteiger partial charge in [0, 0.05) is 24.7 Å². The van der Waals surface area contributed by atoms with Gasteiger partial charge in [-0.3, -0.25) is 19.2 Å². The van der Waals surface area contributed by atoms with Gasteiger partial charge in [0.05, 0.1) is 18.7 Å². The van der Waals surface area contributed by atoms with Crippen molar-refractivity contribution in [2.24, 2.45) is 23.7 Å². The molecule has 0 saturated carbocycles. The summed E-state index contributed by atoms with van der Waals surface area (Å²) in [6.07, 6.45) is 3.47. The third-order valence-corrected chi connectivity index (χ3v) is 10.0. The van der Waals surface area contributed by atoms with Crippen molar-refractivity contribution < 1.29 is 23.9 Å². The molecule has 1 heterocycles. The zero-order chi connectivity index (χ0) is 37.7. The minimum Gasteiger partial charge on any atom is -0.361 e. The van der Waals surface area contributed by atoms with Gasteiger partial charge < -0.3 is 15.4 Å². The number of hydrogen-bond donors (Lipinski definition) is 2. The van der Waals surface area contributed by atoms with Gasteiger partial charge in [-0.25, -0.2) is 0 Å². The number of epoxide rings is 1. The molecule has 4 rings (SSSR count). The van der Waals surface area contributed by atoms with Gasteiger partial charge in [0.25, 0.3) is 0 Å². The molecule has 5 atom stereocenters. The van der Waals surface area contributed by atoms with Crippen LogP contribution in [0.5, 0.6) is 0 Å². The maximum Gasteiger partial charge on any atom is 0.224 e. The molecule has 7 nitrogen and oxygen atoms in total. The number of Topliss-reactive ketones (excluding diaryl/α,β-unsaturated/α-hetero) is 2.